The summed E-state index contributed by atoms with van der Waals surface area (Å²) in [4.78, 5) is -0.0298. The molecule has 0 saturated heterocycles. The second-order valence-corrected chi connectivity index (χ2v) is 7.27. The summed E-state index contributed by atoms with van der Waals surface area (Å²) >= 11 is 3.24. The minimum absolute atomic E-state index is 0.0298. The van der Waals surface area contributed by atoms with E-state index in [4.69, 9.17) is 13.7 Å². The quantitative estimate of drug-likeness (QED) is 0.713. The maximum absolute atomic E-state index is 12.6. The van der Waals surface area contributed by atoms with Gasteiger partial charge in [0.05, 0.1) is 14.2 Å². The molecule has 0 amide bonds. The van der Waals surface area contributed by atoms with Crippen molar-refractivity contribution >= 4 is 26.0 Å². The van der Waals surface area contributed by atoms with Crippen LogP contribution in [-0.4, -0.2) is 22.6 Å². The van der Waals surface area contributed by atoms with Crippen LogP contribution in [0.1, 0.15) is 11.1 Å². The van der Waals surface area contributed by atoms with E-state index in [1.54, 1.807) is 26.0 Å². The van der Waals surface area contributed by atoms with Gasteiger partial charge in [-0.2, -0.15) is 8.42 Å². The fraction of sp³-hybridized carbons (Fsp3) is 0.250. The van der Waals surface area contributed by atoms with Gasteiger partial charge in [-0.05, 0) is 47.0 Å². The smallest absolute Gasteiger partial charge is 0.340 e. The number of benzene rings is 2. The first-order valence-electron chi connectivity index (χ1n) is 6.72. The molecule has 0 aliphatic rings. The molecular weight excluding hydrogens is 384 g/mol. The number of methoxy groups -OCH3 is 2. The van der Waals surface area contributed by atoms with E-state index >= 15 is 0 Å². The fourth-order valence-electron chi connectivity index (χ4n) is 2.11. The Morgan fingerprint density at radius 2 is 1.48 bits per heavy atom. The van der Waals surface area contributed by atoms with Crippen molar-refractivity contribution in [2.45, 2.75) is 18.7 Å². The first kappa shape index (κ1) is 17.6. The van der Waals surface area contributed by atoms with Crippen molar-refractivity contribution in [1.82, 2.24) is 0 Å². The summed E-state index contributed by atoms with van der Waals surface area (Å²) in [5, 5.41) is 0. The molecule has 2 aromatic carbocycles. The Morgan fingerprint density at radius 3 is 2.00 bits per heavy atom. The van der Waals surface area contributed by atoms with E-state index in [0.29, 0.717) is 21.7 Å². The molecule has 7 heteroatoms. The van der Waals surface area contributed by atoms with Crippen molar-refractivity contribution in [3.8, 4) is 17.2 Å². The largest absolute Gasteiger partial charge is 0.493 e. The van der Waals surface area contributed by atoms with Crippen LogP contribution < -0.4 is 13.7 Å². The first-order valence-corrected chi connectivity index (χ1v) is 8.92. The number of hydrogen-bond acceptors (Lipinski definition) is 5. The van der Waals surface area contributed by atoms with Gasteiger partial charge in [0.25, 0.3) is 0 Å². The summed E-state index contributed by atoms with van der Waals surface area (Å²) in [5.74, 6) is 1.05. The molecule has 0 heterocycles. The molecule has 0 radical (unpaired) electrons. The van der Waals surface area contributed by atoms with Gasteiger partial charge in [-0.3, -0.25) is 0 Å². The number of aryl methyl sites for hydroxylation is 2. The molecule has 2 rings (SSSR count). The Labute approximate surface area is 144 Å². The van der Waals surface area contributed by atoms with Gasteiger partial charge in [-0.1, -0.05) is 18.2 Å². The maximum Gasteiger partial charge on any atom is 0.340 e. The molecule has 0 aliphatic carbocycles. The molecule has 0 spiro atoms. The van der Waals surface area contributed by atoms with Crippen LogP contribution in [0, 0.1) is 13.8 Å². The third kappa shape index (κ3) is 3.61. The standard InChI is InChI=1S/C16H17BrO5S/c1-10-6-5-7-11(2)16(10)22-23(18,19)15-9-14(21-4)13(20-3)8-12(15)17/h5-9H,1-4H3. The zero-order valence-corrected chi connectivity index (χ0v) is 15.6. The third-order valence-electron chi connectivity index (χ3n) is 3.31. The number of hydrogen-bond donors (Lipinski definition) is 0. The van der Waals surface area contributed by atoms with Crippen molar-refractivity contribution in [2.75, 3.05) is 14.2 Å². The van der Waals surface area contributed by atoms with Gasteiger partial charge in [0.2, 0.25) is 0 Å². The molecule has 0 fully saturated rings. The number of halogens is 1. The molecule has 0 atom stereocenters. The van der Waals surface area contributed by atoms with Gasteiger partial charge >= 0.3 is 10.1 Å². The van der Waals surface area contributed by atoms with Gasteiger partial charge in [0.1, 0.15) is 10.6 Å². The molecule has 0 unspecified atom stereocenters. The summed E-state index contributed by atoms with van der Waals surface area (Å²) in [5.41, 5.74) is 1.48. The zero-order valence-electron chi connectivity index (χ0n) is 13.2. The lowest BCUT2D eigenvalue weighted by Gasteiger charge is -2.15. The SMILES string of the molecule is COc1cc(Br)c(S(=O)(=O)Oc2c(C)cccc2C)cc1OC. The molecule has 0 N–H and O–H groups in total. The van der Waals surface area contributed by atoms with E-state index in [0.717, 1.165) is 11.1 Å². The van der Waals surface area contributed by atoms with Crippen molar-refractivity contribution in [2.24, 2.45) is 0 Å². The second kappa shape index (κ2) is 6.80. The second-order valence-electron chi connectivity index (χ2n) is 4.90. The Kier molecular flexibility index (Phi) is 5.21. The zero-order chi connectivity index (χ0) is 17.2. The molecule has 5 nitrogen and oxygen atoms in total. The number of para-hydroxylation sites is 1. The molecule has 2 aromatic rings. The van der Waals surface area contributed by atoms with E-state index in [1.165, 1.54) is 26.4 Å². The summed E-state index contributed by atoms with van der Waals surface area (Å²) in [6.07, 6.45) is 0. The third-order valence-corrected chi connectivity index (χ3v) is 5.49. The van der Waals surface area contributed by atoms with Crippen LogP contribution in [0.25, 0.3) is 0 Å². The van der Waals surface area contributed by atoms with Crippen LogP contribution in [-0.2, 0) is 10.1 Å². The van der Waals surface area contributed by atoms with Gasteiger partial charge in [-0.25, -0.2) is 0 Å². The van der Waals surface area contributed by atoms with Crippen LogP contribution in [0.3, 0.4) is 0 Å². The van der Waals surface area contributed by atoms with Crippen LogP contribution in [0.5, 0.6) is 17.2 Å². The molecule has 0 bridgehead atoms. The molecule has 124 valence electrons. The summed E-state index contributed by atoms with van der Waals surface area (Å²) < 4.78 is 41.3. The maximum atomic E-state index is 12.6. The van der Waals surface area contributed by atoms with Crippen LogP contribution in [0.4, 0.5) is 0 Å². The highest BCUT2D eigenvalue weighted by Gasteiger charge is 2.24. The van der Waals surface area contributed by atoms with Gasteiger partial charge < -0.3 is 13.7 Å². The lowest BCUT2D eigenvalue weighted by molar-refractivity contribution is 0.353. The number of rotatable bonds is 5. The lowest BCUT2D eigenvalue weighted by Crippen LogP contribution is -2.12. The highest BCUT2D eigenvalue weighted by Crippen LogP contribution is 2.37. The van der Waals surface area contributed by atoms with E-state index in [1.807, 2.05) is 6.07 Å². The van der Waals surface area contributed by atoms with E-state index in [9.17, 15) is 8.42 Å². The first-order chi connectivity index (χ1) is 10.8. The van der Waals surface area contributed by atoms with E-state index < -0.39 is 10.1 Å². The lowest BCUT2D eigenvalue weighted by atomic mass is 10.1. The molecule has 0 saturated carbocycles. The Balaban J connectivity index is 2.52. The predicted octanol–water partition coefficient (Wildman–Crippen LogP) is 3.85. The average Bonchev–Trinajstić information content (AvgIpc) is 2.50. The Hall–Kier alpha value is -1.73. The van der Waals surface area contributed by atoms with Crippen molar-refractivity contribution in [3.63, 3.8) is 0 Å². The van der Waals surface area contributed by atoms with Crippen LogP contribution >= 0.6 is 15.9 Å². The minimum atomic E-state index is -4.03. The van der Waals surface area contributed by atoms with Crippen molar-refractivity contribution in [3.05, 3.63) is 45.9 Å². The molecule has 0 aliphatic heterocycles. The van der Waals surface area contributed by atoms with Gasteiger partial charge in [0, 0.05) is 10.5 Å². The van der Waals surface area contributed by atoms with Crippen molar-refractivity contribution in [1.29, 1.82) is 0 Å². The molecular formula is C16H17BrO5S. The van der Waals surface area contributed by atoms with Gasteiger partial charge in [0.15, 0.2) is 11.5 Å². The molecule has 23 heavy (non-hydrogen) atoms. The Bertz CT molecular complexity index is 810. The van der Waals surface area contributed by atoms with E-state index in [2.05, 4.69) is 15.9 Å². The predicted molar refractivity (Wildman–Crippen MR) is 91.0 cm³/mol. The minimum Gasteiger partial charge on any atom is -0.493 e. The normalized spacial score (nSPS) is 11.2. The van der Waals surface area contributed by atoms with Crippen LogP contribution in [0.15, 0.2) is 39.7 Å². The monoisotopic (exact) mass is 400 g/mol. The summed E-state index contributed by atoms with van der Waals surface area (Å²) in [6.45, 7) is 3.59. The summed E-state index contributed by atoms with van der Waals surface area (Å²) in [6, 6.07) is 8.32. The average molecular weight is 401 g/mol. The highest BCUT2D eigenvalue weighted by atomic mass is 79.9. The van der Waals surface area contributed by atoms with Crippen molar-refractivity contribution < 1.29 is 22.1 Å². The summed E-state index contributed by atoms with van der Waals surface area (Å²) in [7, 11) is -1.11. The van der Waals surface area contributed by atoms with Crippen LogP contribution in [0.2, 0.25) is 0 Å². The molecule has 0 aromatic heterocycles. The van der Waals surface area contributed by atoms with E-state index in [-0.39, 0.29) is 4.90 Å². The Morgan fingerprint density at radius 1 is 0.957 bits per heavy atom. The number of ether oxygens (including phenoxy) is 2. The highest BCUT2D eigenvalue weighted by molar-refractivity contribution is 9.10. The topological polar surface area (TPSA) is 61.8 Å². The van der Waals surface area contributed by atoms with Gasteiger partial charge in [-0.15, -0.1) is 0 Å². The fourth-order valence-corrected chi connectivity index (χ4v) is 4.15.